The number of ether oxygens (including phenoxy) is 3. The molecule has 0 radical (unpaired) electrons. The summed E-state index contributed by atoms with van der Waals surface area (Å²) in [5.74, 6) is 3.91. The van der Waals surface area contributed by atoms with Crippen LogP contribution in [0.2, 0.25) is 0 Å². The van der Waals surface area contributed by atoms with Crippen LogP contribution in [0.4, 0.5) is 0 Å². The predicted octanol–water partition coefficient (Wildman–Crippen LogP) is 8.39. The second-order valence-corrected chi connectivity index (χ2v) is 11.5. The van der Waals surface area contributed by atoms with Gasteiger partial charge in [-0.2, -0.15) is 5.26 Å². The van der Waals surface area contributed by atoms with Crippen LogP contribution in [0, 0.1) is 11.3 Å². The third-order valence-corrected chi connectivity index (χ3v) is 8.41. The Morgan fingerprint density at radius 3 is 1.87 bits per heavy atom. The Labute approximate surface area is 275 Å². The number of benzene rings is 3. The van der Waals surface area contributed by atoms with E-state index >= 15 is 0 Å². The number of imidazole rings is 1. The Bertz CT molecular complexity index is 1520. The number of unbranched alkanes of at least 4 members (excludes halogenated alkanes) is 1. The van der Waals surface area contributed by atoms with Crippen molar-refractivity contribution in [3.63, 3.8) is 0 Å². The van der Waals surface area contributed by atoms with Crippen molar-refractivity contribution in [1.29, 1.82) is 5.26 Å². The third-order valence-electron chi connectivity index (χ3n) is 8.41. The number of nitriles is 1. The zero-order valence-electron chi connectivity index (χ0n) is 28.4. The van der Waals surface area contributed by atoms with Crippen molar-refractivity contribution < 1.29 is 14.2 Å². The Morgan fingerprint density at radius 1 is 0.717 bits per heavy atom. The minimum atomic E-state index is 0.606. The molecule has 0 saturated heterocycles. The molecular weight excluding hydrogens is 574 g/mol. The number of aryl methyl sites for hydroxylation is 1. The minimum absolute atomic E-state index is 0.606. The second kappa shape index (κ2) is 18.2. The van der Waals surface area contributed by atoms with E-state index in [1.165, 1.54) is 0 Å². The first-order valence-electron chi connectivity index (χ1n) is 17.1. The van der Waals surface area contributed by atoms with E-state index in [9.17, 15) is 0 Å². The Kier molecular flexibility index (Phi) is 13.8. The van der Waals surface area contributed by atoms with Gasteiger partial charge in [0.2, 0.25) is 0 Å². The second-order valence-electron chi connectivity index (χ2n) is 11.5. The van der Waals surface area contributed by atoms with Crippen molar-refractivity contribution in [2.45, 2.75) is 66.8 Å². The van der Waals surface area contributed by atoms with E-state index in [0.29, 0.717) is 24.5 Å². The van der Waals surface area contributed by atoms with Gasteiger partial charge < -0.3 is 28.6 Å². The van der Waals surface area contributed by atoms with Gasteiger partial charge in [-0.3, -0.25) is 0 Å². The number of aromatic nitrogens is 2. The molecular formula is C38H51N5O3. The molecule has 0 aliphatic rings. The van der Waals surface area contributed by atoms with Gasteiger partial charge in [-0.1, -0.05) is 41.0 Å². The van der Waals surface area contributed by atoms with Gasteiger partial charge >= 0.3 is 0 Å². The van der Waals surface area contributed by atoms with E-state index in [0.717, 1.165) is 111 Å². The SMILES string of the molecule is CCCCn1c(-c2ccc(Oc3ccc(C#N)cc3)cc2)nc2c(OCCCN(CC)CC)cc(OCCCN(CC)CC)cc21. The summed E-state index contributed by atoms with van der Waals surface area (Å²) in [4.78, 5) is 10.0. The van der Waals surface area contributed by atoms with Crippen molar-refractivity contribution in [2.75, 3.05) is 52.5 Å². The zero-order chi connectivity index (χ0) is 32.7. The largest absolute Gasteiger partial charge is 0.493 e. The number of fused-ring (bicyclic) bond motifs is 1. The first kappa shape index (κ1) is 34.8. The summed E-state index contributed by atoms with van der Waals surface area (Å²) in [6.07, 6.45) is 4.03. The van der Waals surface area contributed by atoms with E-state index in [2.05, 4.69) is 73.3 Å². The molecule has 0 saturated carbocycles. The van der Waals surface area contributed by atoms with Gasteiger partial charge in [0.05, 0.1) is 30.4 Å². The molecule has 3 aromatic carbocycles. The number of nitrogens with zero attached hydrogens (tertiary/aromatic N) is 5. The molecule has 0 N–H and O–H groups in total. The van der Waals surface area contributed by atoms with Crippen molar-refractivity contribution in [3.05, 3.63) is 66.2 Å². The smallest absolute Gasteiger partial charge is 0.150 e. The van der Waals surface area contributed by atoms with E-state index in [1.807, 2.05) is 30.3 Å². The highest BCUT2D eigenvalue weighted by Crippen LogP contribution is 2.36. The molecule has 246 valence electrons. The summed E-state index contributed by atoms with van der Waals surface area (Å²) in [7, 11) is 0. The lowest BCUT2D eigenvalue weighted by Gasteiger charge is -2.18. The van der Waals surface area contributed by atoms with Gasteiger partial charge in [0.1, 0.15) is 28.6 Å². The van der Waals surface area contributed by atoms with Crippen LogP contribution < -0.4 is 14.2 Å². The van der Waals surface area contributed by atoms with Crippen LogP contribution in [-0.2, 0) is 6.54 Å². The maximum atomic E-state index is 9.08. The lowest BCUT2D eigenvalue weighted by atomic mass is 10.2. The van der Waals surface area contributed by atoms with E-state index in [-0.39, 0.29) is 0 Å². The zero-order valence-corrected chi connectivity index (χ0v) is 28.4. The van der Waals surface area contributed by atoms with E-state index in [4.69, 9.17) is 24.5 Å². The molecule has 8 heteroatoms. The fourth-order valence-electron chi connectivity index (χ4n) is 5.56. The molecule has 4 aromatic rings. The Balaban J connectivity index is 1.63. The van der Waals surface area contributed by atoms with Gasteiger partial charge in [-0.05, 0) is 94.0 Å². The Morgan fingerprint density at radius 2 is 1.30 bits per heavy atom. The highest BCUT2D eigenvalue weighted by atomic mass is 16.5. The molecule has 0 fully saturated rings. The van der Waals surface area contributed by atoms with Crippen LogP contribution in [0.25, 0.3) is 22.4 Å². The summed E-state index contributed by atoms with van der Waals surface area (Å²) in [5, 5.41) is 9.08. The summed E-state index contributed by atoms with van der Waals surface area (Å²) >= 11 is 0. The van der Waals surface area contributed by atoms with Gasteiger partial charge in [0, 0.05) is 37.3 Å². The van der Waals surface area contributed by atoms with Gasteiger partial charge in [0.25, 0.3) is 0 Å². The van der Waals surface area contributed by atoms with Crippen LogP contribution in [0.1, 0.15) is 65.9 Å². The van der Waals surface area contributed by atoms with Crippen molar-refractivity contribution in [2.24, 2.45) is 0 Å². The first-order chi connectivity index (χ1) is 22.5. The molecule has 46 heavy (non-hydrogen) atoms. The standard InChI is InChI=1S/C38H51N5O3/c1-6-11-24-43-35-27-34(44-25-12-22-41(7-2)8-3)28-36(45-26-13-23-42(9-4)10-5)37(35)40-38(43)31-16-20-33(21-17-31)46-32-18-14-30(29-39)15-19-32/h14-21,27-28H,6-13,22-26H2,1-5H3. The molecule has 0 atom stereocenters. The van der Waals surface area contributed by atoms with Crippen molar-refractivity contribution >= 4 is 11.0 Å². The predicted molar refractivity (Wildman–Crippen MR) is 187 cm³/mol. The average molecular weight is 626 g/mol. The maximum Gasteiger partial charge on any atom is 0.150 e. The molecule has 1 aromatic heterocycles. The molecule has 1 heterocycles. The highest BCUT2D eigenvalue weighted by Gasteiger charge is 2.19. The molecule has 0 spiro atoms. The summed E-state index contributed by atoms with van der Waals surface area (Å²) in [6, 6.07) is 21.5. The van der Waals surface area contributed by atoms with E-state index < -0.39 is 0 Å². The third kappa shape index (κ3) is 9.48. The molecule has 8 nitrogen and oxygen atoms in total. The average Bonchev–Trinajstić information content (AvgIpc) is 3.46. The number of hydrogen-bond acceptors (Lipinski definition) is 7. The lowest BCUT2D eigenvalue weighted by Crippen LogP contribution is -2.25. The highest BCUT2D eigenvalue weighted by molar-refractivity contribution is 5.87. The summed E-state index contributed by atoms with van der Waals surface area (Å²) < 4.78 is 21.2. The minimum Gasteiger partial charge on any atom is -0.493 e. The fraction of sp³-hybridized carbons (Fsp3) is 0.474. The normalized spacial score (nSPS) is 11.3. The van der Waals surface area contributed by atoms with Crippen LogP contribution in [0.15, 0.2) is 60.7 Å². The van der Waals surface area contributed by atoms with Crippen LogP contribution in [0.3, 0.4) is 0 Å². The first-order valence-corrected chi connectivity index (χ1v) is 17.1. The lowest BCUT2D eigenvalue weighted by molar-refractivity contribution is 0.243. The quantitative estimate of drug-likeness (QED) is 0.0913. The van der Waals surface area contributed by atoms with Crippen molar-refractivity contribution in [3.8, 4) is 40.5 Å². The summed E-state index contributed by atoms with van der Waals surface area (Å²) in [5.41, 5.74) is 3.51. The van der Waals surface area contributed by atoms with Crippen LogP contribution >= 0.6 is 0 Å². The molecule has 0 bridgehead atoms. The molecule has 0 amide bonds. The molecule has 0 aliphatic carbocycles. The van der Waals surface area contributed by atoms with Gasteiger partial charge in [-0.15, -0.1) is 0 Å². The molecule has 0 aliphatic heterocycles. The topological polar surface area (TPSA) is 75.8 Å². The van der Waals surface area contributed by atoms with Crippen LogP contribution in [0.5, 0.6) is 23.0 Å². The Hall–Kier alpha value is -4.06. The van der Waals surface area contributed by atoms with Gasteiger partial charge in [-0.25, -0.2) is 4.98 Å². The van der Waals surface area contributed by atoms with Crippen molar-refractivity contribution in [1.82, 2.24) is 19.4 Å². The van der Waals surface area contributed by atoms with E-state index in [1.54, 1.807) is 12.1 Å². The summed E-state index contributed by atoms with van der Waals surface area (Å²) in [6.45, 7) is 19.3. The maximum absolute atomic E-state index is 9.08. The monoisotopic (exact) mass is 625 g/mol. The fourth-order valence-corrected chi connectivity index (χ4v) is 5.56. The molecule has 4 rings (SSSR count). The number of rotatable bonds is 20. The number of hydrogen-bond donors (Lipinski definition) is 0. The molecule has 0 unspecified atom stereocenters. The van der Waals surface area contributed by atoms with Crippen LogP contribution in [-0.4, -0.2) is 71.8 Å². The van der Waals surface area contributed by atoms with Gasteiger partial charge in [0.15, 0.2) is 5.75 Å².